The fourth-order valence-electron chi connectivity index (χ4n) is 4.05. The number of carbonyl (C=O) groups excluding carboxylic acids is 2. The average Bonchev–Trinajstić information content (AvgIpc) is 3.28. The summed E-state index contributed by atoms with van der Waals surface area (Å²) in [5.74, 6) is -0.271. The number of hydrogen-bond acceptors (Lipinski definition) is 7. The number of nitrogens with zero attached hydrogens (tertiary/aromatic N) is 2. The van der Waals surface area contributed by atoms with E-state index in [1.807, 2.05) is 24.3 Å². The van der Waals surface area contributed by atoms with Crippen molar-refractivity contribution in [2.45, 2.75) is 6.54 Å². The molecule has 0 bridgehead atoms. The first-order valence-electron chi connectivity index (χ1n) is 11.4. The van der Waals surface area contributed by atoms with E-state index in [1.165, 1.54) is 26.4 Å². The minimum Gasteiger partial charge on any atom is -0.493 e. The number of ether oxygens (including phenoxy) is 4. The summed E-state index contributed by atoms with van der Waals surface area (Å²) in [7, 11) is 2.87. The molecule has 3 N–H and O–H groups in total. The molecule has 0 saturated carbocycles. The fourth-order valence-corrected chi connectivity index (χ4v) is 4.05. The zero-order valence-electron chi connectivity index (χ0n) is 19.9. The number of morpholine rings is 1. The number of carbonyl (C=O) groups is 2. The van der Waals surface area contributed by atoms with E-state index in [4.69, 9.17) is 24.7 Å². The minimum atomic E-state index is -0.638. The summed E-state index contributed by atoms with van der Waals surface area (Å²) in [5.41, 5.74) is 7.25. The molecule has 1 aliphatic rings. The molecule has 0 radical (unpaired) electrons. The standard InChI is InChI=1S/C25H30N4O6/c1-32-21-14-18(15-22(33-2)24(21)35-16-23(26)30)25(31)27-19-3-4-20-17(13-19)5-6-29(20)8-7-28-9-11-34-12-10-28/h3-6,13-15H,7-12,16H2,1-2H3,(H2,26,30)(H,27,31). The van der Waals surface area contributed by atoms with Crippen LogP contribution in [0.1, 0.15) is 10.4 Å². The Balaban J connectivity index is 1.47. The third-order valence-corrected chi connectivity index (χ3v) is 5.87. The highest BCUT2D eigenvalue weighted by atomic mass is 16.5. The molecule has 186 valence electrons. The van der Waals surface area contributed by atoms with Gasteiger partial charge >= 0.3 is 0 Å². The van der Waals surface area contributed by atoms with Crippen LogP contribution in [-0.2, 0) is 16.1 Å². The number of hydrogen-bond donors (Lipinski definition) is 2. The van der Waals surface area contributed by atoms with Crippen LogP contribution in [0.25, 0.3) is 10.9 Å². The van der Waals surface area contributed by atoms with Crippen LogP contribution in [0.3, 0.4) is 0 Å². The van der Waals surface area contributed by atoms with Gasteiger partial charge in [-0.2, -0.15) is 0 Å². The van der Waals surface area contributed by atoms with Gasteiger partial charge in [0.1, 0.15) is 0 Å². The number of benzene rings is 2. The molecular weight excluding hydrogens is 452 g/mol. The van der Waals surface area contributed by atoms with Crippen molar-refractivity contribution in [2.75, 3.05) is 59.0 Å². The molecule has 1 saturated heterocycles. The van der Waals surface area contributed by atoms with Gasteiger partial charge < -0.3 is 34.6 Å². The quantitative estimate of drug-likeness (QED) is 0.454. The lowest BCUT2D eigenvalue weighted by molar-refractivity contribution is -0.120. The van der Waals surface area contributed by atoms with Gasteiger partial charge in [0, 0.05) is 54.5 Å². The van der Waals surface area contributed by atoms with E-state index in [0.29, 0.717) is 11.3 Å². The Hall–Kier alpha value is -3.76. The predicted octanol–water partition coefficient (Wildman–Crippen LogP) is 2.11. The minimum absolute atomic E-state index is 0.199. The largest absolute Gasteiger partial charge is 0.493 e. The van der Waals surface area contributed by atoms with Crippen LogP contribution in [0.5, 0.6) is 17.2 Å². The Morgan fingerprint density at radius 3 is 2.40 bits per heavy atom. The first-order chi connectivity index (χ1) is 17.0. The van der Waals surface area contributed by atoms with Crippen molar-refractivity contribution in [3.05, 3.63) is 48.2 Å². The second kappa shape index (κ2) is 11.1. The highest BCUT2D eigenvalue weighted by Crippen LogP contribution is 2.38. The maximum absolute atomic E-state index is 13.0. The van der Waals surface area contributed by atoms with Crippen LogP contribution in [-0.4, -0.2) is 75.0 Å². The van der Waals surface area contributed by atoms with Crippen molar-refractivity contribution < 1.29 is 28.5 Å². The molecule has 10 nitrogen and oxygen atoms in total. The van der Waals surface area contributed by atoms with Gasteiger partial charge in [0.2, 0.25) is 5.75 Å². The summed E-state index contributed by atoms with van der Waals surface area (Å²) in [6.07, 6.45) is 2.07. The van der Waals surface area contributed by atoms with Crippen LogP contribution < -0.4 is 25.3 Å². The molecule has 1 fully saturated rings. The van der Waals surface area contributed by atoms with Crippen LogP contribution in [0, 0.1) is 0 Å². The van der Waals surface area contributed by atoms with Crippen molar-refractivity contribution in [3.63, 3.8) is 0 Å². The van der Waals surface area contributed by atoms with E-state index < -0.39 is 5.91 Å². The summed E-state index contributed by atoms with van der Waals surface area (Å²) in [4.78, 5) is 26.5. The lowest BCUT2D eigenvalue weighted by Gasteiger charge is -2.26. The maximum Gasteiger partial charge on any atom is 0.255 e. The number of amides is 2. The van der Waals surface area contributed by atoms with Gasteiger partial charge in [0.15, 0.2) is 18.1 Å². The van der Waals surface area contributed by atoms with Gasteiger partial charge in [-0.3, -0.25) is 14.5 Å². The molecule has 4 rings (SSSR count). The second-order valence-electron chi connectivity index (χ2n) is 8.16. The van der Waals surface area contributed by atoms with E-state index in [-0.39, 0.29) is 29.8 Å². The summed E-state index contributed by atoms with van der Waals surface area (Å²) >= 11 is 0. The summed E-state index contributed by atoms with van der Waals surface area (Å²) in [6.45, 7) is 5.01. The summed E-state index contributed by atoms with van der Waals surface area (Å²) < 4.78 is 23.7. The average molecular weight is 483 g/mol. The van der Waals surface area contributed by atoms with E-state index >= 15 is 0 Å². The van der Waals surface area contributed by atoms with E-state index in [2.05, 4.69) is 21.0 Å². The molecule has 1 aliphatic heterocycles. The monoisotopic (exact) mass is 482 g/mol. The van der Waals surface area contributed by atoms with Gasteiger partial charge in [-0.15, -0.1) is 0 Å². The third kappa shape index (κ3) is 5.84. The highest BCUT2D eigenvalue weighted by molar-refractivity contribution is 6.06. The lowest BCUT2D eigenvalue weighted by Crippen LogP contribution is -2.38. The Kier molecular flexibility index (Phi) is 7.74. The Bertz CT molecular complexity index is 1180. The fraction of sp³-hybridized carbons (Fsp3) is 0.360. The summed E-state index contributed by atoms with van der Waals surface area (Å²) in [5, 5.41) is 3.96. The highest BCUT2D eigenvalue weighted by Gasteiger charge is 2.19. The molecule has 0 aliphatic carbocycles. The molecule has 3 aromatic rings. The molecule has 10 heteroatoms. The zero-order valence-corrected chi connectivity index (χ0v) is 19.9. The van der Waals surface area contributed by atoms with E-state index in [1.54, 1.807) is 0 Å². The van der Waals surface area contributed by atoms with Crippen LogP contribution in [0.4, 0.5) is 5.69 Å². The van der Waals surface area contributed by atoms with Gasteiger partial charge in [-0.05, 0) is 36.4 Å². The smallest absolute Gasteiger partial charge is 0.255 e. The molecule has 2 heterocycles. The first-order valence-corrected chi connectivity index (χ1v) is 11.4. The molecule has 0 atom stereocenters. The van der Waals surface area contributed by atoms with Crippen molar-refractivity contribution in [2.24, 2.45) is 5.73 Å². The molecule has 0 unspecified atom stereocenters. The molecular formula is C25H30N4O6. The number of aromatic nitrogens is 1. The van der Waals surface area contributed by atoms with Gasteiger partial charge in [-0.1, -0.05) is 0 Å². The SMILES string of the molecule is COc1cc(C(=O)Nc2ccc3c(ccn3CCN3CCOCC3)c2)cc(OC)c1OCC(N)=O. The first kappa shape index (κ1) is 24.4. The lowest BCUT2D eigenvalue weighted by atomic mass is 10.1. The van der Waals surface area contributed by atoms with Crippen molar-refractivity contribution >= 4 is 28.4 Å². The molecule has 1 aromatic heterocycles. The topological polar surface area (TPSA) is 117 Å². The molecule has 2 aromatic carbocycles. The number of nitrogens with two attached hydrogens (primary N) is 1. The Labute approximate surface area is 203 Å². The number of fused-ring (bicyclic) bond motifs is 1. The predicted molar refractivity (Wildman–Crippen MR) is 131 cm³/mol. The number of methoxy groups -OCH3 is 2. The zero-order chi connectivity index (χ0) is 24.8. The van der Waals surface area contributed by atoms with Crippen molar-refractivity contribution in [1.82, 2.24) is 9.47 Å². The Morgan fingerprint density at radius 2 is 1.74 bits per heavy atom. The molecule has 35 heavy (non-hydrogen) atoms. The van der Waals surface area contributed by atoms with Crippen LogP contribution >= 0.6 is 0 Å². The third-order valence-electron chi connectivity index (χ3n) is 5.87. The van der Waals surface area contributed by atoms with Crippen molar-refractivity contribution in [3.8, 4) is 17.2 Å². The summed E-state index contributed by atoms with van der Waals surface area (Å²) in [6, 6.07) is 10.9. The van der Waals surface area contributed by atoms with Crippen LogP contribution in [0.15, 0.2) is 42.6 Å². The van der Waals surface area contributed by atoms with Gasteiger partial charge in [0.25, 0.3) is 11.8 Å². The molecule has 2 amide bonds. The number of anilines is 1. The number of primary amides is 1. The van der Waals surface area contributed by atoms with E-state index in [9.17, 15) is 9.59 Å². The number of nitrogens with one attached hydrogen (secondary N) is 1. The van der Waals surface area contributed by atoms with Crippen LogP contribution in [0.2, 0.25) is 0 Å². The van der Waals surface area contributed by atoms with Gasteiger partial charge in [-0.25, -0.2) is 0 Å². The normalized spacial score (nSPS) is 14.0. The van der Waals surface area contributed by atoms with Gasteiger partial charge in [0.05, 0.1) is 27.4 Å². The molecule has 0 spiro atoms. The second-order valence-corrected chi connectivity index (χ2v) is 8.16. The maximum atomic E-state index is 13.0. The number of rotatable bonds is 10. The Morgan fingerprint density at radius 1 is 1.03 bits per heavy atom. The van der Waals surface area contributed by atoms with E-state index in [0.717, 1.165) is 50.3 Å². The van der Waals surface area contributed by atoms with Crippen molar-refractivity contribution in [1.29, 1.82) is 0 Å².